The average molecular weight is 263 g/mol. The number of hydrogen-bond donors (Lipinski definition) is 2. The number of aromatic nitrogens is 3. The maximum absolute atomic E-state index is 4.65. The Balaban J connectivity index is 1.57. The minimum atomic E-state index is 0.649. The van der Waals surface area contributed by atoms with E-state index in [0.29, 0.717) is 6.04 Å². The van der Waals surface area contributed by atoms with Crippen molar-refractivity contribution in [1.82, 2.24) is 20.5 Å². The zero-order valence-corrected chi connectivity index (χ0v) is 11.9. The SMILES string of the molecule is CCCCCc1nc(N2CC3CCCNC3C2)n[nH]1. The Hall–Kier alpha value is -1.10. The van der Waals surface area contributed by atoms with Crippen LogP contribution in [0.3, 0.4) is 0 Å². The fourth-order valence-electron chi connectivity index (χ4n) is 3.29. The monoisotopic (exact) mass is 263 g/mol. The molecule has 0 bridgehead atoms. The molecule has 1 aromatic rings. The maximum Gasteiger partial charge on any atom is 0.244 e. The molecule has 2 N–H and O–H groups in total. The summed E-state index contributed by atoms with van der Waals surface area (Å²) in [6, 6.07) is 0.649. The van der Waals surface area contributed by atoms with Gasteiger partial charge in [0, 0.05) is 25.6 Å². The molecule has 0 aliphatic carbocycles. The molecule has 2 saturated heterocycles. The second-order valence-corrected chi connectivity index (χ2v) is 5.91. The van der Waals surface area contributed by atoms with E-state index in [9.17, 15) is 0 Å². The van der Waals surface area contributed by atoms with Crippen LogP contribution in [0.4, 0.5) is 5.95 Å². The highest BCUT2D eigenvalue weighted by molar-refractivity contribution is 5.32. The van der Waals surface area contributed by atoms with Crippen molar-refractivity contribution in [2.45, 2.75) is 51.5 Å². The average Bonchev–Trinajstić information content (AvgIpc) is 3.04. The fraction of sp³-hybridized carbons (Fsp3) is 0.857. The van der Waals surface area contributed by atoms with Gasteiger partial charge in [-0.2, -0.15) is 4.98 Å². The number of fused-ring (bicyclic) bond motifs is 1. The van der Waals surface area contributed by atoms with Crippen molar-refractivity contribution in [2.24, 2.45) is 5.92 Å². The Morgan fingerprint density at radius 2 is 2.26 bits per heavy atom. The fourth-order valence-corrected chi connectivity index (χ4v) is 3.29. The first-order valence-electron chi connectivity index (χ1n) is 7.76. The molecule has 0 aromatic carbocycles. The van der Waals surface area contributed by atoms with Crippen LogP contribution in [0.15, 0.2) is 0 Å². The largest absolute Gasteiger partial charge is 0.338 e. The summed E-state index contributed by atoms with van der Waals surface area (Å²) in [5, 5.41) is 11.1. The predicted octanol–water partition coefficient (Wildman–Crippen LogP) is 1.73. The van der Waals surface area contributed by atoms with E-state index in [4.69, 9.17) is 0 Å². The Morgan fingerprint density at radius 3 is 3.11 bits per heavy atom. The third-order valence-electron chi connectivity index (χ3n) is 4.42. The Bertz CT molecular complexity index is 388. The van der Waals surface area contributed by atoms with E-state index in [1.165, 1.54) is 38.6 Å². The molecule has 2 fully saturated rings. The van der Waals surface area contributed by atoms with Gasteiger partial charge in [-0.1, -0.05) is 19.8 Å². The van der Waals surface area contributed by atoms with Crippen molar-refractivity contribution in [3.63, 3.8) is 0 Å². The van der Waals surface area contributed by atoms with Crippen molar-refractivity contribution in [2.75, 3.05) is 24.5 Å². The normalized spacial score (nSPS) is 26.7. The molecule has 2 aliphatic heterocycles. The number of rotatable bonds is 5. The van der Waals surface area contributed by atoms with Gasteiger partial charge in [-0.05, 0) is 31.7 Å². The summed E-state index contributed by atoms with van der Waals surface area (Å²) in [5.41, 5.74) is 0. The van der Waals surface area contributed by atoms with Crippen molar-refractivity contribution in [3.05, 3.63) is 5.82 Å². The van der Waals surface area contributed by atoms with Gasteiger partial charge < -0.3 is 10.2 Å². The standard InChI is InChI=1S/C14H25N5/c1-2-3-4-7-13-16-14(18-17-13)19-9-11-6-5-8-15-12(11)10-19/h11-12,15H,2-10H2,1H3,(H,16,17,18). The zero-order valence-electron chi connectivity index (χ0n) is 11.9. The number of unbranched alkanes of at least 4 members (excludes halogenated alkanes) is 2. The Labute approximate surface area is 115 Å². The smallest absolute Gasteiger partial charge is 0.244 e. The summed E-state index contributed by atoms with van der Waals surface area (Å²) in [6.45, 7) is 5.58. The van der Waals surface area contributed by atoms with Crippen LogP contribution >= 0.6 is 0 Å². The topological polar surface area (TPSA) is 56.8 Å². The lowest BCUT2D eigenvalue weighted by atomic mass is 9.94. The van der Waals surface area contributed by atoms with Crippen LogP contribution in [0.1, 0.15) is 44.9 Å². The van der Waals surface area contributed by atoms with Gasteiger partial charge in [0.15, 0.2) is 0 Å². The van der Waals surface area contributed by atoms with Gasteiger partial charge in [-0.3, -0.25) is 5.10 Å². The number of hydrogen-bond acceptors (Lipinski definition) is 4. The van der Waals surface area contributed by atoms with Crippen molar-refractivity contribution >= 4 is 5.95 Å². The predicted molar refractivity (Wildman–Crippen MR) is 76.3 cm³/mol. The van der Waals surface area contributed by atoms with Gasteiger partial charge in [-0.15, -0.1) is 5.10 Å². The molecule has 0 spiro atoms. The number of anilines is 1. The minimum absolute atomic E-state index is 0.649. The van der Waals surface area contributed by atoms with Crippen LogP contribution in [0.25, 0.3) is 0 Å². The third kappa shape index (κ3) is 2.91. The molecule has 2 aliphatic rings. The molecule has 3 heterocycles. The number of H-pyrrole nitrogens is 1. The van der Waals surface area contributed by atoms with E-state index in [2.05, 4.69) is 32.3 Å². The van der Waals surface area contributed by atoms with Gasteiger partial charge in [0.1, 0.15) is 5.82 Å². The first kappa shape index (κ1) is 12.9. The zero-order chi connectivity index (χ0) is 13.1. The molecule has 5 heteroatoms. The van der Waals surface area contributed by atoms with Gasteiger partial charge in [-0.25, -0.2) is 0 Å². The highest BCUT2D eigenvalue weighted by Crippen LogP contribution is 2.27. The first-order valence-corrected chi connectivity index (χ1v) is 7.76. The Morgan fingerprint density at radius 1 is 1.32 bits per heavy atom. The molecular formula is C14H25N5. The molecule has 1 aromatic heterocycles. The molecular weight excluding hydrogens is 238 g/mol. The summed E-state index contributed by atoms with van der Waals surface area (Å²) in [5.74, 6) is 2.74. The summed E-state index contributed by atoms with van der Waals surface area (Å²) >= 11 is 0. The molecule has 0 amide bonds. The van der Waals surface area contributed by atoms with Crippen LogP contribution < -0.4 is 10.2 Å². The van der Waals surface area contributed by atoms with Crippen LogP contribution in [0.5, 0.6) is 0 Å². The van der Waals surface area contributed by atoms with E-state index in [-0.39, 0.29) is 0 Å². The molecule has 0 radical (unpaired) electrons. The summed E-state index contributed by atoms with van der Waals surface area (Å²) in [6.07, 6.45) is 7.42. The molecule has 2 unspecified atom stereocenters. The molecule has 3 rings (SSSR count). The third-order valence-corrected chi connectivity index (χ3v) is 4.42. The molecule has 19 heavy (non-hydrogen) atoms. The molecule has 5 nitrogen and oxygen atoms in total. The molecule has 2 atom stereocenters. The number of nitrogens with one attached hydrogen (secondary N) is 2. The summed E-state index contributed by atoms with van der Waals surface area (Å²) in [4.78, 5) is 6.99. The van der Waals surface area contributed by atoms with Crippen LogP contribution in [0.2, 0.25) is 0 Å². The molecule has 0 saturated carbocycles. The van der Waals surface area contributed by atoms with E-state index < -0.39 is 0 Å². The maximum atomic E-state index is 4.65. The van der Waals surface area contributed by atoms with Crippen LogP contribution in [-0.4, -0.2) is 40.9 Å². The number of piperidine rings is 1. The lowest BCUT2D eigenvalue weighted by Crippen LogP contribution is -2.40. The lowest BCUT2D eigenvalue weighted by molar-refractivity contribution is 0.340. The van der Waals surface area contributed by atoms with E-state index in [0.717, 1.165) is 37.2 Å². The summed E-state index contributed by atoms with van der Waals surface area (Å²) < 4.78 is 0. The Kier molecular flexibility index (Phi) is 4.01. The number of aryl methyl sites for hydroxylation is 1. The van der Waals surface area contributed by atoms with Gasteiger partial charge in [0.2, 0.25) is 5.95 Å². The van der Waals surface area contributed by atoms with E-state index in [1.54, 1.807) is 0 Å². The summed E-state index contributed by atoms with van der Waals surface area (Å²) in [7, 11) is 0. The van der Waals surface area contributed by atoms with Crippen molar-refractivity contribution < 1.29 is 0 Å². The second kappa shape index (κ2) is 5.90. The highest BCUT2D eigenvalue weighted by atomic mass is 15.4. The van der Waals surface area contributed by atoms with E-state index in [1.807, 2.05) is 0 Å². The minimum Gasteiger partial charge on any atom is -0.338 e. The van der Waals surface area contributed by atoms with Crippen molar-refractivity contribution in [3.8, 4) is 0 Å². The second-order valence-electron chi connectivity index (χ2n) is 5.91. The van der Waals surface area contributed by atoms with E-state index >= 15 is 0 Å². The first-order chi connectivity index (χ1) is 9.36. The number of aromatic amines is 1. The number of nitrogens with zero attached hydrogens (tertiary/aromatic N) is 3. The quantitative estimate of drug-likeness (QED) is 0.794. The molecule has 106 valence electrons. The lowest BCUT2D eigenvalue weighted by Gasteiger charge is -2.24. The van der Waals surface area contributed by atoms with Crippen LogP contribution in [-0.2, 0) is 6.42 Å². The van der Waals surface area contributed by atoms with Gasteiger partial charge in [0.05, 0.1) is 0 Å². The van der Waals surface area contributed by atoms with Crippen LogP contribution in [0, 0.1) is 5.92 Å². The van der Waals surface area contributed by atoms with Crippen molar-refractivity contribution in [1.29, 1.82) is 0 Å². The van der Waals surface area contributed by atoms with Gasteiger partial charge in [0.25, 0.3) is 0 Å². The van der Waals surface area contributed by atoms with Gasteiger partial charge >= 0.3 is 0 Å². The highest BCUT2D eigenvalue weighted by Gasteiger charge is 2.35.